The first-order valence-electron chi connectivity index (χ1n) is 7.82. The fraction of sp³-hybridized carbons (Fsp3) is 0.167. The molecule has 0 fully saturated rings. The van der Waals surface area contributed by atoms with Gasteiger partial charge in [-0.15, -0.1) is 10.2 Å². The van der Waals surface area contributed by atoms with Crippen LogP contribution in [0.5, 0.6) is 11.5 Å². The average molecular weight is 372 g/mol. The number of rotatable bonds is 5. The number of thioether (sulfide) groups is 1. The van der Waals surface area contributed by atoms with Gasteiger partial charge in [-0.2, -0.15) is 0 Å². The van der Waals surface area contributed by atoms with E-state index < -0.39 is 6.10 Å². The molecule has 0 unspecified atom stereocenters. The third-order valence-electron chi connectivity index (χ3n) is 3.70. The molecule has 1 aliphatic heterocycles. The van der Waals surface area contributed by atoms with Crippen molar-refractivity contribution < 1.29 is 23.1 Å². The predicted octanol–water partition coefficient (Wildman–Crippen LogP) is 3.70. The first-order valence-corrected chi connectivity index (χ1v) is 8.81. The number of para-hydroxylation sites is 2. The maximum atomic E-state index is 12.9. The number of hydrogen-bond acceptors (Lipinski definition) is 7. The molecule has 0 saturated heterocycles. The van der Waals surface area contributed by atoms with Gasteiger partial charge in [-0.25, -0.2) is 4.39 Å². The first-order chi connectivity index (χ1) is 12.7. The molecule has 1 aliphatic rings. The molecule has 8 heteroatoms. The molecule has 0 amide bonds. The lowest BCUT2D eigenvalue weighted by molar-refractivity contribution is 0.0686. The molecule has 26 heavy (non-hydrogen) atoms. The van der Waals surface area contributed by atoms with Crippen LogP contribution in [0.3, 0.4) is 0 Å². The fourth-order valence-corrected chi connectivity index (χ4v) is 3.06. The lowest BCUT2D eigenvalue weighted by atomic mass is 10.1. The van der Waals surface area contributed by atoms with Crippen LogP contribution in [0.2, 0.25) is 0 Å². The van der Waals surface area contributed by atoms with Crippen molar-refractivity contribution in [2.75, 3.05) is 12.4 Å². The Kier molecular flexibility index (Phi) is 4.57. The summed E-state index contributed by atoms with van der Waals surface area (Å²) in [7, 11) is 0. The van der Waals surface area contributed by atoms with Gasteiger partial charge in [-0.1, -0.05) is 23.9 Å². The van der Waals surface area contributed by atoms with E-state index in [2.05, 4.69) is 10.2 Å². The molecule has 0 spiro atoms. The van der Waals surface area contributed by atoms with Crippen LogP contribution in [0.15, 0.2) is 58.2 Å². The van der Waals surface area contributed by atoms with E-state index in [4.69, 9.17) is 13.9 Å². The number of Topliss-reactive ketones (excluding diaryl/α,β-unsaturated/α-hetero) is 1. The van der Waals surface area contributed by atoms with Crippen LogP contribution >= 0.6 is 11.8 Å². The molecule has 0 radical (unpaired) electrons. The van der Waals surface area contributed by atoms with Gasteiger partial charge in [0.05, 0.1) is 5.75 Å². The van der Waals surface area contributed by atoms with Crippen molar-refractivity contribution in [3.63, 3.8) is 0 Å². The number of ketones is 1. The lowest BCUT2D eigenvalue weighted by Gasteiger charge is -2.23. The summed E-state index contributed by atoms with van der Waals surface area (Å²) in [5.41, 5.74) is 0.430. The van der Waals surface area contributed by atoms with Crippen LogP contribution in [0.1, 0.15) is 22.4 Å². The Balaban J connectivity index is 1.38. The number of fused-ring (bicyclic) bond motifs is 1. The standard InChI is InChI=1S/C18H13FN2O4S/c19-12-7-5-11(6-8-12)13(22)10-26-18-21-20-17(25-18)16-9-23-14-3-1-2-4-15(14)24-16/h1-8,16H,9-10H2/t16-/m0/s1. The Bertz CT molecular complexity index is 929. The SMILES string of the molecule is O=C(CSc1nnc([C@@H]2COc3ccccc3O2)o1)c1ccc(F)cc1. The summed E-state index contributed by atoms with van der Waals surface area (Å²) in [6.07, 6.45) is -0.500. The van der Waals surface area contributed by atoms with Crippen LogP contribution in [-0.2, 0) is 0 Å². The summed E-state index contributed by atoms with van der Waals surface area (Å²) in [5, 5.41) is 8.16. The molecular formula is C18H13FN2O4S. The molecular weight excluding hydrogens is 359 g/mol. The molecule has 0 N–H and O–H groups in total. The maximum absolute atomic E-state index is 12.9. The minimum absolute atomic E-state index is 0.109. The van der Waals surface area contributed by atoms with E-state index >= 15 is 0 Å². The number of carbonyl (C=O) groups is 1. The summed E-state index contributed by atoms with van der Waals surface area (Å²) in [6, 6.07) is 12.7. The number of carbonyl (C=O) groups excluding carboxylic acids is 1. The number of halogens is 1. The first kappa shape index (κ1) is 16.6. The van der Waals surface area contributed by atoms with Gasteiger partial charge in [0.1, 0.15) is 12.4 Å². The highest BCUT2D eigenvalue weighted by Gasteiger charge is 2.27. The predicted molar refractivity (Wildman–Crippen MR) is 91.1 cm³/mol. The monoisotopic (exact) mass is 372 g/mol. The fourth-order valence-electron chi connectivity index (χ4n) is 2.40. The zero-order chi connectivity index (χ0) is 17.9. The lowest BCUT2D eigenvalue weighted by Crippen LogP contribution is -2.21. The summed E-state index contributed by atoms with van der Waals surface area (Å²) in [4.78, 5) is 12.1. The summed E-state index contributed by atoms with van der Waals surface area (Å²) < 4.78 is 29.9. The number of ether oxygens (including phenoxy) is 2. The Morgan fingerprint density at radius 3 is 2.69 bits per heavy atom. The largest absolute Gasteiger partial charge is 0.485 e. The quantitative estimate of drug-likeness (QED) is 0.499. The summed E-state index contributed by atoms with van der Waals surface area (Å²) >= 11 is 1.12. The molecule has 6 nitrogen and oxygen atoms in total. The van der Waals surface area contributed by atoms with Crippen molar-refractivity contribution in [2.24, 2.45) is 0 Å². The van der Waals surface area contributed by atoms with Crippen LogP contribution in [-0.4, -0.2) is 28.3 Å². The van der Waals surface area contributed by atoms with Gasteiger partial charge in [0.25, 0.3) is 11.1 Å². The van der Waals surface area contributed by atoms with E-state index in [0.29, 0.717) is 17.1 Å². The molecule has 0 bridgehead atoms. The second-order valence-corrected chi connectivity index (χ2v) is 6.42. The van der Waals surface area contributed by atoms with Crippen molar-refractivity contribution in [3.8, 4) is 11.5 Å². The summed E-state index contributed by atoms with van der Waals surface area (Å²) in [5.74, 6) is 1.15. The summed E-state index contributed by atoms with van der Waals surface area (Å²) in [6.45, 7) is 0.262. The molecule has 1 atom stereocenters. The van der Waals surface area contributed by atoms with E-state index in [9.17, 15) is 9.18 Å². The van der Waals surface area contributed by atoms with Gasteiger partial charge in [0.2, 0.25) is 6.10 Å². The van der Waals surface area contributed by atoms with Crippen LogP contribution < -0.4 is 9.47 Å². The van der Waals surface area contributed by atoms with E-state index in [1.165, 1.54) is 24.3 Å². The molecule has 132 valence electrons. The molecule has 3 aromatic rings. The average Bonchev–Trinajstić information content (AvgIpc) is 3.15. The van der Waals surface area contributed by atoms with Gasteiger partial charge in [0, 0.05) is 5.56 Å². The zero-order valence-electron chi connectivity index (χ0n) is 13.4. The van der Waals surface area contributed by atoms with Gasteiger partial charge in [-0.3, -0.25) is 4.79 Å². The maximum Gasteiger partial charge on any atom is 0.277 e. The third-order valence-corrected chi connectivity index (χ3v) is 4.52. The van der Waals surface area contributed by atoms with Crippen molar-refractivity contribution >= 4 is 17.5 Å². The van der Waals surface area contributed by atoms with Crippen molar-refractivity contribution in [1.82, 2.24) is 10.2 Å². The normalized spacial score (nSPS) is 15.7. The van der Waals surface area contributed by atoms with E-state index in [1.54, 1.807) is 6.07 Å². The number of hydrogen-bond donors (Lipinski definition) is 0. The highest BCUT2D eigenvalue weighted by atomic mass is 32.2. The molecule has 2 heterocycles. The number of benzene rings is 2. The van der Waals surface area contributed by atoms with E-state index in [0.717, 1.165) is 11.8 Å². The molecule has 4 rings (SSSR count). The Labute approximate surface area is 152 Å². The van der Waals surface area contributed by atoms with Crippen molar-refractivity contribution in [3.05, 3.63) is 65.8 Å². The molecule has 0 aliphatic carbocycles. The van der Waals surface area contributed by atoms with Crippen LogP contribution in [0.4, 0.5) is 4.39 Å². The van der Waals surface area contributed by atoms with E-state index in [1.807, 2.05) is 18.2 Å². The minimum atomic E-state index is -0.500. The van der Waals surface area contributed by atoms with Gasteiger partial charge < -0.3 is 13.9 Å². The van der Waals surface area contributed by atoms with Gasteiger partial charge in [-0.05, 0) is 36.4 Å². The van der Waals surface area contributed by atoms with Gasteiger partial charge >= 0.3 is 0 Å². The Hall–Kier alpha value is -2.87. The van der Waals surface area contributed by atoms with Crippen LogP contribution in [0.25, 0.3) is 0 Å². The smallest absolute Gasteiger partial charge is 0.277 e. The number of nitrogens with zero attached hydrogens (tertiary/aromatic N) is 2. The third kappa shape index (κ3) is 3.55. The molecule has 0 saturated carbocycles. The molecule has 1 aromatic heterocycles. The number of aromatic nitrogens is 2. The van der Waals surface area contributed by atoms with E-state index in [-0.39, 0.29) is 35.1 Å². The Morgan fingerprint density at radius 1 is 1.12 bits per heavy atom. The van der Waals surface area contributed by atoms with Crippen molar-refractivity contribution in [2.45, 2.75) is 11.3 Å². The molecule has 2 aromatic carbocycles. The van der Waals surface area contributed by atoms with Gasteiger partial charge in [0.15, 0.2) is 17.3 Å². The van der Waals surface area contributed by atoms with Crippen LogP contribution in [0, 0.1) is 5.82 Å². The van der Waals surface area contributed by atoms with Crippen molar-refractivity contribution in [1.29, 1.82) is 0 Å². The second kappa shape index (κ2) is 7.17. The second-order valence-electron chi connectivity index (χ2n) is 5.49. The topological polar surface area (TPSA) is 74.5 Å². The highest BCUT2D eigenvalue weighted by molar-refractivity contribution is 7.99. The Morgan fingerprint density at radius 2 is 1.88 bits per heavy atom. The minimum Gasteiger partial charge on any atom is -0.485 e. The zero-order valence-corrected chi connectivity index (χ0v) is 14.2. The highest BCUT2D eigenvalue weighted by Crippen LogP contribution is 2.35.